The standard InChI is InChI=1S/C6H14NO2S/c1-5-7(6(2)3)10(4,8)9/h6H,1,5H2,2-4H3. The van der Waals surface area contributed by atoms with E-state index in [1.165, 1.54) is 10.6 Å². The first-order valence-electron chi connectivity index (χ1n) is 3.15. The Balaban J connectivity index is 4.38. The first kappa shape index (κ1) is 9.91. The van der Waals surface area contributed by atoms with Gasteiger partial charge in [-0.15, -0.1) is 0 Å². The summed E-state index contributed by atoms with van der Waals surface area (Å²) in [4.78, 5) is 0. The van der Waals surface area contributed by atoms with Gasteiger partial charge in [0.1, 0.15) is 0 Å². The van der Waals surface area contributed by atoms with E-state index in [0.717, 1.165) is 0 Å². The van der Waals surface area contributed by atoms with Crippen LogP contribution in [0.25, 0.3) is 0 Å². The summed E-state index contributed by atoms with van der Waals surface area (Å²) in [5, 5.41) is 0. The Morgan fingerprint density at radius 2 is 1.90 bits per heavy atom. The van der Waals surface area contributed by atoms with Crippen molar-refractivity contribution in [1.29, 1.82) is 0 Å². The van der Waals surface area contributed by atoms with Gasteiger partial charge >= 0.3 is 0 Å². The third-order valence-corrected chi connectivity index (χ3v) is 2.68. The zero-order valence-electron chi connectivity index (χ0n) is 6.66. The second-order valence-corrected chi connectivity index (χ2v) is 4.40. The fourth-order valence-electron chi connectivity index (χ4n) is 0.807. The number of rotatable bonds is 3. The molecule has 0 aromatic heterocycles. The molecule has 4 heteroatoms. The predicted molar refractivity (Wildman–Crippen MR) is 42.0 cm³/mol. The van der Waals surface area contributed by atoms with Crippen molar-refractivity contribution >= 4 is 10.0 Å². The molecule has 0 aromatic rings. The van der Waals surface area contributed by atoms with Crippen molar-refractivity contribution < 1.29 is 8.42 Å². The van der Waals surface area contributed by atoms with Gasteiger partial charge in [0.2, 0.25) is 10.0 Å². The van der Waals surface area contributed by atoms with Gasteiger partial charge in [0, 0.05) is 12.6 Å². The van der Waals surface area contributed by atoms with Crippen LogP contribution in [0.3, 0.4) is 0 Å². The molecule has 61 valence electrons. The van der Waals surface area contributed by atoms with E-state index in [-0.39, 0.29) is 6.04 Å². The largest absolute Gasteiger partial charge is 0.212 e. The van der Waals surface area contributed by atoms with Gasteiger partial charge in [0.05, 0.1) is 6.26 Å². The zero-order chi connectivity index (χ0) is 8.36. The van der Waals surface area contributed by atoms with E-state index in [1.807, 2.05) is 13.8 Å². The zero-order valence-corrected chi connectivity index (χ0v) is 7.48. The Morgan fingerprint density at radius 1 is 1.50 bits per heavy atom. The first-order valence-corrected chi connectivity index (χ1v) is 5.00. The van der Waals surface area contributed by atoms with E-state index < -0.39 is 10.0 Å². The molecule has 0 bridgehead atoms. The fourth-order valence-corrected chi connectivity index (χ4v) is 1.90. The Bertz CT molecular complexity index is 184. The van der Waals surface area contributed by atoms with Gasteiger partial charge in [-0.2, -0.15) is 4.31 Å². The molecule has 0 spiro atoms. The van der Waals surface area contributed by atoms with Crippen LogP contribution < -0.4 is 0 Å². The number of nitrogens with zero attached hydrogens (tertiary/aromatic N) is 1. The van der Waals surface area contributed by atoms with Crippen LogP contribution in [-0.2, 0) is 10.0 Å². The average molecular weight is 164 g/mol. The minimum Gasteiger partial charge on any atom is -0.212 e. The minimum atomic E-state index is -3.04. The summed E-state index contributed by atoms with van der Waals surface area (Å²) >= 11 is 0. The summed E-state index contributed by atoms with van der Waals surface area (Å²) in [5.41, 5.74) is 0. The smallest absolute Gasteiger partial charge is 0.211 e. The third kappa shape index (κ3) is 2.66. The summed E-state index contributed by atoms with van der Waals surface area (Å²) in [6.07, 6.45) is 1.19. The molecule has 0 atom stereocenters. The highest BCUT2D eigenvalue weighted by Gasteiger charge is 2.16. The summed E-state index contributed by atoms with van der Waals surface area (Å²) < 4.78 is 23.1. The molecular weight excluding hydrogens is 150 g/mol. The van der Waals surface area contributed by atoms with E-state index in [0.29, 0.717) is 6.54 Å². The molecule has 1 radical (unpaired) electrons. The second-order valence-electron chi connectivity index (χ2n) is 2.47. The van der Waals surface area contributed by atoms with Crippen molar-refractivity contribution in [3.05, 3.63) is 6.92 Å². The number of hydrogen-bond donors (Lipinski definition) is 0. The highest BCUT2D eigenvalue weighted by atomic mass is 32.2. The van der Waals surface area contributed by atoms with Crippen LogP contribution in [-0.4, -0.2) is 31.6 Å². The van der Waals surface area contributed by atoms with E-state index in [2.05, 4.69) is 6.92 Å². The maximum atomic E-state index is 10.9. The molecular formula is C6H14NO2S. The van der Waals surface area contributed by atoms with E-state index in [1.54, 1.807) is 0 Å². The van der Waals surface area contributed by atoms with E-state index >= 15 is 0 Å². The maximum Gasteiger partial charge on any atom is 0.211 e. The van der Waals surface area contributed by atoms with Crippen molar-refractivity contribution in [3.63, 3.8) is 0 Å². The van der Waals surface area contributed by atoms with Crippen LogP contribution >= 0.6 is 0 Å². The monoisotopic (exact) mass is 164 g/mol. The Labute approximate surface area is 63.1 Å². The lowest BCUT2D eigenvalue weighted by Crippen LogP contribution is -2.35. The fraction of sp³-hybridized carbons (Fsp3) is 0.833. The van der Waals surface area contributed by atoms with Gasteiger partial charge in [-0.1, -0.05) is 0 Å². The van der Waals surface area contributed by atoms with Gasteiger partial charge in [0.25, 0.3) is 0 Å². The Kier molecular flexibility index (Phi) is 3.31. The quantitative estimate of drug-likeness (QED) is 0.609. The van der Waals surface area contributed by atoms with E-state index in [9.17, 15) is 8.42 Å². The Morgan fingerprint density at radius 3 is 1.90 bits per heavy atom. The minimum absolute atomic E-state index is 0.00694. The SMILES string of the molecule is [CH2]CN(C(C)C)S(C)(=O)=O. The second kappa shape index (κ2) is 3.34. The van der Waals surface area contributed by atoms with Crippen LogP contribution in [0, 0.1) is 6.92 Å². The third-order valence-electron chi connectivity index (χ3n) is 1.22. The molecule has 0 fully saturated rings. The molecule has 0 aliphatic carbocycles. The topological polar surface area (TPSA) is 37.4 Å². The molecule has 10 heavy (non-hydrogen) atoms. The molecule has 0 unspecified atom stereocenters. The molecule has 0 N–H and O–H groups in total. The Hall–Kier alpha value is -0.0900. The lowest BCUT2D eigenvalue weighted by Gasteiger charge is -2.21. The summed E-state index contributed by atoms with van der Waals surface area (Å²) in [6, 6.07) is 0.00694. The highest BCUT2D eigenvalue weighted by molar-refractivity contribution is 7.88. The molecule has 0 rings (SSSR count). The van der Waals surface area contributed by atoms with Crippen LogP contribution in [0.15, 0.2) is 0 Å². The van der Waals surface area contributed by atoms with Crippen LogP contribution in [0.4, 0.5) is 0 Å². The summed E-state index contributed by atoms with van der Waals surface area (Å²) in [7, 11) is -3.04. The summed E-state index contributed by atoms with van der Waals surface area (Å²) in [6.45, 7) is 7.47. The van der Waals surface area contributed by atoms with Gasteiger partial charge in [-0.05, 0) is 20.8 Å². The average Bonchev–Trinajstić information content (AvgIpc) is 1.60. The number of hydrogen-bond acceptors (Lipinski definition) is 2. The first-order chi connectivity index (χ1) is 4.39. The highest BCUT2D eigenvalue weighted by Crippen LogP contribution is 2.02. The molecule has 3 nitrogen and oxygen atoms in total. The molecule has 0 aromatic carbocycles. The van der Waals surface area contributed by atoms with Gasteiger partial charge in [-0.25, -0.2) is 8.42 Å². The maximum absolute atomic E-state index is 10.9. The van der Waals surface area contributed by atoms with Crippen molar-refractivity contribution in [2.45, 2.75) is 19.9 Å². The van der Waals surface area contributed by atoms with E-state index in [4.69, 9.17) is 0 Å². The van der Waals surface area contributed by atoms with Crippen molar-refractivity contribution in [3.8, 4) is 0 Å². The molecule has 0 aliphatic heterocycles. The molecule has 0 saturated heterocycles. The van der Waals surface area contributed by atoms with Crippen molar-refractivity contribution in [1.82, 2.24) is 4.31 Å². The molecule has 0 saturated carbocycles. The summed E-state index contributed by atoms with van der Waals surface area (Å²) in [5.74, 6) is 0. The molecule has 0 aliphatic rings. The van der Waals surface area contributed by atoms with Gasteiger partial charge < -0.3 is 0 Å². The lowest BCUT2D eigenvalue weighted by atomic mass is 10.4. The van der Waals surface area contributed by atoms with Crippen molar-refractivity contribution in [2.24, 2.45) is 0 Å². The lowest BCUT2D eigenvalue weighted by molar-refractivity contribution is 0.385. The van der Waals surface area contributed by atoms with Crippen molar-refractivity contribution in [2.75, 3.05) is 12.8 Å². The van der Waals surface area contributed by atoms with Crippen LogP contribution in [0.1, 0.15) is 13.8 Å². The number of sulfonamides is 1. The normalized spacial score (nSPS) is 13.0. The van der Waals surface area contributed by atoms with Crippen LogP contribution in [0.5, 0.6) is 0 Å². The van der Waals surface area contributed by atoms with Gasteiger partial charge in [-0.3, -0.25) is 0 Å². The molecule has 0 heterocycles. The van der Waals surface area contributed by atoms with Crippen LogP contribution in [0.2, 0.25) is 0 Å². The predicted octanol–water partition coefficient (Wildman–Crippen LogP) is 0.490. The molecule has 0 amide bonds. The van der Waals surface area contributed by atoms with Gasteiger partial charge in [0.15, 0.2) is 0 Å².